The van der Waals surface area contributed by atoms with Gasteiger partial charge in [0.15, 0.2) is 0 Å². The van der Waals surface area contributed by atoms with E-state index in [1.54, 1.807) is 0 Å². The first-order valence-corrected chi connectivity index (χ1v) is 23.2. The SMILES string of the molecule is CC[C@@H](CCCCNC(=O)COCCOCCNC(=O)COCCOCCCC(=O)CC[C@@H](NC(=O)CCCCCCCCCCCCCCCCC(=O)O)C(=O)O)C(=O)OC. The average Bonchev–Trinajstić information content (AvgIpc) is 3.24. The summed E-state index contributed by atoms with van der Waals surface area (Å²) in [6.07, 6.45) is 19.5. The second-order valence-electron chi connectivity index (χ2n) is 15.6. The highest BCUT2D eigenvalue weighted by Gasteiger charge is 2.21. The van der Waals surface area contributed by atoms with Crippen LogP contribution in [0.15, 0.2) is 0 Å². The summed E-state index contributed by atoms with van der Waals surface area (Å²) in [5.41, 5.74) is 0. The Morgan fingerprint density at radius 3 is 1.50 bits per heavy atom. The molecule has 0 saturated carbocycles. The number of hydrogen-bond acceptors (Lipinski definition) is 12. The average molecular weight is 888 g/mol. The molecule has 0 spiro atoms. The monoisotopic (exact) mass is 888 g/mol. The number of aliphatic carboxylic acids is 2. The van der Waals surface area contributed by atoms with E-state index in [1.807, 2.05) is 6.92 Å². The van der Waals surface area contributed by atoms with E-state index in [1.165, 1.54) is 52.1 Å². The molecule has 360 valence electrons. The van der Waals surface area contributed by atoms with Gasteiger partial charge in [-0.2, -0.15) is 0 Å². The number of esters is 1. The van der Waals surface area contributed by atoms with E-state index in [2.05, 4.69) is 16.0 Å². The number of hydrogen-bond donors (Lipinski definition) is 5. The third kappa shape index (κ3) is 39.2. The van der Waals surface area contributed by atoms with Crippen LogP contribution in [0.25, 0.3) is 0 Å². The summed E-state index contributed by atoms with van der Waals surface area (Å²) >= 11 is 0. The molecule has 0 bridgehead atoms. The van der Waals surface area contributed by atoms with Crippen LogP contribution in [0, 0.1) is 5.92 Å². The lowest BCUT2D eigenvalue weighted by molar-refractivity contribution is -0.146. The Morgan fingerprint density at radius 2 is 0.984 bits per heavy atom. The molecule has 0 rings (SSSR count). The van der Waals surface area contributed by atoms with Gasteiger partial charge >= 0.3 is 17.9 Å². The molecule has 17 heteroatoms. The minimum atomic E-state index is -1.16. The number of amides is 3. The Balaban J connectivity index is 3.66. The van der Waals surface area contributed by atoms with Gasteiger partial charge < -0.3 is 49.8 Å². The van der Waals surface area contributed by atoms with Crippen LogP contribution in [0.5, 0.6) is 0 Å². The fourth-order valence-corrected chi connectivity index (χ4v) is 6.54. The number of unbranched alkanes of at least 4 members (excludes halogenated alkanes) is 14. The number of nitrogens with one attached hydrogen (secondary N) is 3. The van der Waals surface area contributed by atoms with Gasteiger partial charge in [-0.15, -0.1) is 0 Å². The fraction of sp³-hybridized carbons (Fsp3) is 0.844. The molecule has 5 N–H and O–H groups in total. The Kier molecular flexibility index (Phi) is 40.1. The molecule has 0 unspecified atom stereocenters. The van der Waals surface area contributed by atoms with Gasteiger partial charge in [-0.1, -0.05) is 90.4 Å². The van der Waals surface area contributed by atoms with Crippen molar-refractivity contribution in [1.82, 2.24) is 16.0 Å². The van der Waals surface area contributed by atoms with Crippen LogP contribution in [0.1, 0.15) is 161 Å². The molecule has 0 aromatic heterocycles. The van der Waals surface area contributed by atoms with Gasteiger partial charge in [0.05, 0.1) is 46.1 Å². The number of carboxylic acid groups (broad SMARTS) is 2. The van der Waals surface area contributed by atoms with Crippen LogP contribution < -0.4 is 16.0 Å². The van der Waals surface area contributed by atoms with Crippen molar-refractivity contribution in [2.24, 2.45) is 5.92 Å². The zero-order valence-electron chi connectivity index (χ0n) is 38.0. The standard InChI is InChI=1S/C45H81N3O14/c1-3-37(45(57)58-2)21-18-19-27-46-41(51)35-62-34-32-60-30-28-47-42(52)36-61-33-31-59-29-20-22-38(49)25-26-39(44(55)56)48-40(50)23-16-14-12-10-8-6-4-5-7-9-11-13-15-17-24-43(53)54/h37,39H,3-36H2,1-2H3,(H,46,51)(H,47,52)(H,48,50)(H,53,54)(H,55,56)/t37-,39+/m0/s1. The van der Waals surface area contributed by atoms with Crippen molar-refractivity contribution in [2.45, 2.75) is 167 Å². The minimum absolute atomic E-state index is 0.0357. The second-order valence-corrected chi connectivity index (χ2v) is 15.6. The highest BCUT2D eigenvalue weighted by Crippen LogP contribution is 2.15. The molecular formula is C45H81N3O14. The highest BCUT2D eigenvalue weighted by atomic mass is 16.5. The number of methoxy groups -OCH3 is 1. The van der Waals surface area contributed by atoms with Crippen LogP contribution in [0.3, 0.4) is 0 Å². The van der Waals surface area contributed by atoms with Crippen LogP contribution in [-0.4, -0.2) is 131 Å². The zero-order valence-corrected chi connectivity index (χ0v) is 38.0. The molecule has 0 fully saturated rings. The zero-order chi connectivity index (χ0) is 45.9. The largest absolute Gasteiger partial charge is 0.481 e. The Labute approximate surface area is 370 Å². The van der Waals surface area contributed by atoms with E-state index >= 15 is 0 Å². The summed E-state index contributed by atoms with van der Waals surface area (Å²) in [6.45, 7) is 4.03. The third-order valence-corrected chi connectivity index (χ3v) is 10.2. The lowest BCUT2D eigenvalue weighted by atomic mass is 9.99. The van der Waals surface area contributed by atoms with Crippen molar-refractivity contribution in [1.29, 1.82) is 0 Å². The summed E-state index contributed by atoms with van der Waals surface area (Å²) in [7, 11) is 1.39. The summed E-state index contributed by atoms with van der Waals surface area (Å²) in [4.78, 5) is 82.2. The number of ether oxygens (including phenoxy) is 5. The van der Waals surface area contributed by atoms with Crippen LogP contribution >= 0.6 is 0 Å². The summed E-state index contributed by atoms with van der Waals surface area (Å²) in [5, 5.41) is 26.2. The fourth-order valence-electron chi connectivity index (χ4n) is 6.54. The molecule has 62 heavy (non-hydrogen) atoms. The minimum Gasteiger partial charge on any atom is -0.481 e. The van der Waals surface area contributed by atoms with E-state index in [-0.39, 0.29) is 120 Å². The quantitative estimate of drug-likeness (QED) is 0.0365. The lowest BCUT2D eigenvalue weighted by Gasteiger charge is -2.14. The molecule has 0 aromatic carbocycles. The number of carbonyl (C=O) groups is 7. The Morgan fingerprint density at radius 1 is 0.484 bits per heavy atom. The van der Waals surface area contributed by atoms with Gasteiger partial charge in [0, 0.05) is 45.4 Å². The topological polar surface area (TPSA) is 242 Å². The van der Waals surface area contributed by atoms with E-state index in [9.17, 15) is 38.7 Å². The maximum absolute atomic E-state index is 12.3. The van der Waals surface area contributed by atoms with Crippen LogP contribution in [-0.2, 0) is 57.2 Å². The van der Waals surface area contributed by atoms with E-state index in [4.69, 9.17) is 28.8 Å². The normalized spacial score (nSPS) is 12.0. The molecule has 2 atom stereocenters. The van der Waals surface area contributed by atoms with Crippen molar-refractivity contribution in [3.63, 3.8) is 0 Å². The lowest BCUT2D eigenvalue weighted by Crippen LogP contribution is -2.41. The van der Waals surface area contributed by atoms with Crippen molar-refractivity contribution in [2.75, 3.05) is 73.1 Å². The van der Waals surface area contributed by atoms with Crippen molar-refractivity contribution < 1.29 is 67.5 Å². The molecule has 0 aromatic rings. The number of carboxylic acids is 2. The number of rotatable bonds is 46. The van der Waals surface area contributed by atoms with Gasteiger partial charge in [-0.3, -0.25) is 28.8 Å². The van der Waals surface area contributed by atoms with E-state index in [0.717, 1.165) is 64.2 Å². The molecule has 0 aliphatic carbocycles. The van der Waals surface area contributed by atoms with Gasteiger partial charge in [0.2, 0.25) is 17.7 Å². The molecule has 0 radical (unpaired) electrons. The van der Waals surface area contributed by atoms with Crippen molar-refractivity contribution in [3.8, 4) is 0 Å². The number of ketones is 1. The first-order valence-electron chi connectivity index (χ1n) is 23.2. The summed E-state index contributed by atoms with van der Waals surface area (Å²) in [5.74, 6) is -3.12. The summed E-state index contributed by atoms with van der Waals surface area (Å²) < 4.78 is 26.2. The van der Waals surface area contributed by atoms with E-state index in [0.29, 0.717) is 26.0 Å². The first-order chi connectivity index (χ1) is 30.0. The molecule has 0 aliphatic rings. The van der Waals surface area contributed by atoms with Crippen molar-refractivity contribution >= 4 is 41.4 Å². The van der Waals surface area contributed by atoms with Gasteiger partial charge in [-0.25, -0.2) is 4.79 Å². The van der Waals surface area contributed by atoms with Gasteiger partial charge in [0.1, 0.15) is 25.0 Å². The smallest absolute Gasteiger partial charge is 0.326 e. The molecule has 0 heterocycles. The maximum atomic E-state index is 12.3. The maximum Gasteiger partial charge on any atom is 0.326 e. The van der Waals surface area contributed by atoms with Crippen molar-refractivity contribution in [3.05, 3.63) is 0 Å². The Bertz CT molecular complexity index is 1200. The molecule has 0 saturated heterocycles. The van der Waals surface area contributed by atoms with Crippen LogP contribution in [0.4, 0.5) is 0 Å². The van der Waals surface area contributed by atoms with Crippen LogP contribution in [0.2, 0.25) is 0 Å². The van der Waals surface area contributed by atoms with Gasteiger partial charge in [0.25, 0.3) is 0 Å². The van der Waals surface area contributed by atoms with Gasteiger partial charge in [-0.05, 0) is 44.9 Å². The number of Topliss-reactive ketones (excluding diaryl/α,β-unsaturated/α-hetero) is 1. The summed E-state index contributed by atoms with van der Waals surface area (Å²) in [6, 6.07) is -1.10. The predicted octanol–water partition coefficient (Wildman–Crippen LogP) is 5.68. The van der Waals surface area contributed by atoms with E-state index < -0.39 is 18.0 Å². The first kappa shape index (κ1) is 58.3. The molecule has 0 aliphatic heterocycles. The molecule has 3 amide bonds. The predicted molar refractivity (Wildman–Crippen MR) is 233 cm³/mol. The molecule has 17 nitrogen and oxygen atoms in total. The Hall–Kier alpha value is -3.67. The highest BCUT2D eigenvalue weighted by molar-refractivity contribution is 5.84. The molecular weight excluding hydrogens is 807 g/mol. The second kappa shape index (κ2) is 42.6. The third-order valence-electron chi connectivity index (χ3n) is 10.2. The number of carbonyl (C=O) groups excluding carboxylic acids is 5.